The molecule has 0 aliphatic heterocycles. The molecule has 0 N–H and O–H groups in total. The molecule has 0 atom stereocenters. The largest absolute Gasteiger partial charge is 0 e. The molecule has 0 fully saturated rings. The van der Waals surface area contributed by atoms with Crippen molar-refractivity contribution in [2.24, 2.45) is 0 Å². The van der Waals surface area contributed by atoms with Crippen LogP contribution in [0, 0.1) is 0 Å². The summed E-state index contributed by atoms with van der Waals surface area (Å²) in [5.41, 5.74) is 0. The molecular formula is MgMnSnZn. The fourth-order valence-electron chi connectivity index (χ4n) is 0. The van der Waals surface area contributed by atoms with E-state index in [0.29, 0.717) is 0 Å². The molecule has 0 aromatic rings. The van der Waals surface area contributed by atoms with Gasteiger partial charge >= 0.3 is 0 Å². The molecule has 0 saturated heterocycles. The molecule has 0 heterocycles. The van der Waals surface area contributed by atoms with Gasteiger partial charge in [0, 0.05) is 83.5 Å². The van der Waals surface area contributed by atoms with Gasteiger partial charge in [-0.3, -0.25) is 0 Å². The Hall–Kier alpha value is 2.71. The molecule has 4 heteroatoms. The Labute approximate surface area is 82.2 Å². The summed E-state index contributed by atoms with van der Waals surface area (Å²) in [5.74, 6) is 0. The predicted molar refractivity (Wildman–Crippen MR) is 11.5 cm³/mol. The normalized spacial score (nSPS) is 0. The van der Waals surface area contributed by atoms with Gasteiger partial charge in [-0.1, -0.05) is 0 Å². The van der Waals surface area contributed by atoms with Crippen LogP contribution in [0.4, 0.5) is 0 Å². The maximum Gasteiger partial charge on any atom is 0 e. The van der Waals surface area contributed by atoms with Crippen molar-refractivity contribution < 1.29 is 36.5 Å². The molecule has 0 bridgehead atoms. The molecule has 7 radical (unpaired) electrons. The second-order valence-corrected chi connectivity index (χ2v) is 0. The average molecular weight is 263 g/mol. The summed E-state index contributed by atoms with van der Waals surface area (Å²) < 4.78 is 0. The van der Waals surface area contributed by atoms with E-state index in [1.807, 2.05) is 0 Å². The Morgan fingerprint density at radius 1 is 1.00 bits per heavy atom. The molecule has 0 aliphatic rings. The van der Waals surface area contributed by atoms with Gasteiger partial charge in [0.1, 0.15) is 0 Å². The van der Waals surface area contributed by atoms with Crippen LogP contribution >= 0.6 is 0 Å². The maximum atomic E-state index is 0. The third-order valence-corrected chi connectivity index (χ3v) is 0. The van der Waals surface area contributed by atoms with Crippen LogP contribution in [0.1, 0.15) is 0 Å². The second-order valence-electron chi connectivity index (χ2n) is 0. The van der Waals surface area contributed by atoms with Crippen LogP contribution in [0.15, 0.2) is 0 Å². The molecule has 4 heavy (non-hydrogen) atoms. The van der Waals surface area contributed by atoms with Crippen molar-refractivity contribution in [3.8, 4) is 0 Å². The minimum Gasteiger partial charge on any atom is 0 e. The molecule has 0 unspecified atom stereocenters. The SMILES string of the molecule is [Mg].[Mn].[Sn].[Zn]. The minimum atomic E-state index is 0. The number of hydrogen-bond acceptors (Lipinski definition) is 0. The second kappa shape index (κ2) is 17.3. The van der Waals surface area contributed by atoms with Crippen LogP contribution in [-0.2, 0) is 36.5 Å². The van der Waals surface area contributed by atoms with Gasteiger partial charge in [0.2, 0.25) is 0 Å². The van der Waals surface area contributed by atoms with Crippen LogP contribution in [0.25, 0.3) is 0 Å². The molecule has 0 rings (SSSR count). The monoisotopic (exact) mass is 263 g/mol. The van der Waals surface area contributed by atoms with E-state index in [1.165, 1.54) is 0 Å². The topological polar surface area (TPSA) is 0 Å². The fraction of sp³-hybridized carbons (Fsp3) is 0. The van der Waals surface area contributed by atoms with E-state index in [4.69, 9.17) is 0 Å². The van der Waals surface area contributed by atoms with Crippen molar-refractivity contribution in [3.63, 3.8) is 0 Å². The smallest absolute Gasteiger partial charge is 0 e. The van der Waals surface area contributed by atoms with E-state index in [-0.39, 0.29) is 83.5 Å². The van der Waals surface area contributed by atoms with Crippen LogP contribution in [0.5, 0.6) is 0 Å². The van der Waals surface area contributed by atoms with Gasteiger partial charge in [-0.05, 0) is 0 Å². The Bertz CT molecular complexity index is 8.00. The predicted octanol–water partition coefficient (Wildman–Crippen LogP) is -0.767. The summed E-state index contributed by atoms with van der Waals surface area (Å²) in [6.07, 6.45) is 0. The molecule has 0 nitrogen and oxygen atoms in total. The summed E-state index contributed by atoms with van der Waals surface area (Å²) in [4.78, 5) is 0. The Kier molecular flexibility index (Phi) is 129. The van der Waals surface area contributed by atoms with Gasteiger partial charge in [0.05, 0.1) is 0 Å². The Balaban J connectivity index is 0. The van der Waals surface area contributed by atoms with Gasteiger partial charge in [-0.15, -0.1) is 0 Å². The van der Waals surface area contributed by atoms with Gasteiger partial charge in [-0.25, -0.2) is 0 Å². The van der Waals surface area contributed by atoms with Gasteiger partial charge in [0.25, 0.3) is 0 Å². The molecule has 0 aromatic carbocycles. The summed E-state index contributed by atoms with van der Waals surface area (Å²) in [6, 6.07) is 0. The van der Waals surface area contributed by atoms with Crippen molar-refractivity contribution in [3.05, 3.63) is 0 Å². The fourth-order valence-corrected chi connectivity index (χ4v) is 0. The standard InChI is InChI=1S/Mg.Mn.Sn.Zn. The summed E-state index contributed by atoms with van der Waals surface area (Å²) in [6.45, 7) is 0. The molecule has 0 aliphatic carbocycles. The first kappa shape index (κ1) is 29.8. The number of hydrogen-bond donors (Lipinski definition) is 0. The van der Waals surface area contributed by atoms with Gasteiger partial charge in [0.15, 0.2) is 0 Å². The van der Waals surface area contributed by atoms with Crippen molar-refractivity contribution in [1.82, 2.24) is 0 Å². The quantitative estimate of drug-likeness (QED) is 0.504. The average Bonchev–Trinajstić information content (AvgIpc) is 0. The maximum absolute atomic E-state index is 0. The first-order chi connectivity index (χ1) is 0. The zero-order valence-electron chi connectivity index (χ0n) is 2.29. The zero-order valence-corrected chi connectivity index (χ0v) is 10.7. The molecule has 15 valence electrons. The van der Waals surface area contributed by atoms with Crippen molar-refractivity contribution in [2.45, 2.75) is 0 Å². The summed E-state index contributed by atoms with van der Waals surface area (Å²) in [7, 11) is 0. The summed E-state index contributed by atoms with van der Waals surface area (Å²) in [5, 5.41) is 0. The van der Waals surface area contributed by atoms with E-state index in [0.717, 1.165) is 0 Å². The zero-order chi connectivity index (χ0) is 0. The van der Waals surface area contributed by atoms with E-state index in [9.17, 15) is 0 Å². The molecule has 0 amide bonds. The van der Waals surface area contributed by atoms with Crippen LogP contribution < -0.4 is 0 Å². The van der Waals surface area contributed by atoms with Gasteiger partial charge in [-0.2, -0.15) is 0 Å². The first-order valence-corrected chi connectivity index (χ1v) is 0. The minimum absolute atomic E-state index is 0. The Morgan fingerprint density at radius 2 is 1.00 bits per heavy atom. The third-order valence-electron chi connectivity index (χ3n) is 0. The summed E-state index contributed by atoms with van der Waals surface area (Å²) >= 11 is 0. The van der Waals surface area contributed by atoms with Crippen LogP contribution in [0.2, 0.25) is 0 Å². The Morgan fingerprint density at radius 3 is 1.00 bits per heavy atom. The first-order valence-electron chi connectivity index (χ1n) is 0. The van der Waals surface area contributed by atoms with E-state index >= 15 is 0 Å². The molecular weight excluding hydrogens is 263 g/mol. The third kappa shape index (κ3) is 8.83. The van der Waals surface area contributed by atoms with Crippen molar-refractivity contribution >= 4 is 47.0 Å². The van der Waals surface area contributed by atoms with Gasteiger partial charge < -0.3 is 0 Å². The molecule has 0 aromatic heterocycles. The van der Waals surface area contributed by atoms with E-state index < -0.39 is 0 Å². The molecule has 0 saturated carbocycles. The van der Waals surface area contributed by atoms with Crippen LogP contribution in [0.3, 0.4) is 0 Å². The van der Waals surface area contributed by atoms with E-state index in [1.54, 1.807) is 0 Å². The molecule has 0 spiro atoms. The number of rotatable bonds is 0. The van der Waals surface area contributed by atoms with Crippen molar-refractivity contribution in [2.75, 3.05) is 0 Å². The van der Waals surface area contributed by atoms with Crippen LogP contribution in [-0.4, -0.2) is 47.0 Å². The van der Waals surface area contributed by atoms with Crippen molar-refractivity contribution in [1.29, 1.82) is 0 Å². The van der Waals surface area contributed by atoms with E-state index in [2.05, 4.69) is 0 Å².